The first kappa shape index (κ1) is 19.6. The quantitative estimate of drug-likeness (QED) is 0.619. The van der Waals surface area contributed by atoms with E-state index in [2.05, 4.69) is 24.9 Å². The van der Waals surface area contributed by atoms with Crippen LogP contribution < -0.4 is 0 Å². The van der Waals surface area contributed by atoms with Crippen molar-refractivity contribution in [1.29, 1.82) is 0 Å². The number of carbonyl (C=O) groups excluding carboxylic acids is 1. The van der Waals surface area contributed by atoms with E-state index in [4.69, 9.17) is 14.5 Å². The van der Waals surface area contributed by atoms with Gasteiger partial charge in [-0.1, -0.05) is 32.8 Å². The average molecular weight is 401 g/mol. The molecule has 152 valence electrons. The van der Waals surface area contributed by atoms with Gasteiger partial charge in [0.05, 0.1) is 30.9 Å². The Bertz CT molecular complexity index is 875. The van der Waals surface area contributed by atoms with Gasteiger partial charge in [0.15, 0.2) is 0 Å². The highest BCUT2D eigenvalue weighted by Crippen LogP contribution is 2.48. The van der Waals surface area contributed by atoms with Crippen LogP contribution in [0, 0.1) is 5.41 Å². The molecular formula is C22H32N2O3Si. The predicted octanol–water partition coefficient (Wildman–Crippen LogP) is 3.06. The van der Waals surface area contributed by atoms with E-state index in [1.165, 1.54) is 35.9 Å². The van der Waals surface area contributed by atoms with Crippen LogP contribution in [0.5, 0.6) is 0 Å². The summed E-state index contributed by atoms with van der Waals surface area (Å²) in [6.45, 7) is 7.83. The second-order valence-corrected chi connectivity index (χ2v) is 12.3. The maximum atomic E-state index is 12.5. The number of rotatable bonds is 5. The summed E-state index contributed by atoms with van der Waals surface area (Å²) in [5.74, 6) is 0.864. The highest BCUT2D eigenvalue weighted by molar-refractivity contribution is 6.14. The molecule has 0 spiro atoms. The molecule has 6 heteroatoms. The normalized spacial score (nSPS) is 29.5. The molecule has 2 aliphatic rings. The van der Waals surface area contributed by atoms with E-state index in [9.17, 15) is 4.79 Å². The molecule has 0 amide bonds. The van der Waals surface area contributed by atoms with E-state index in [-0.39, 0.29) is 5.97 Å². The fourth-order valence-corrected chi connectivity index (χ4v) is 5.03. The summed E-state index contributed by atoms with van der Waals surface area (Å²) in [6.07, 6.45) is 6.21. The molecule has 28 heavy (non-hydrogen) atoms. The van der Waals surface area contributed by atoms with E-state index in [1.54, 1.807) is 0 Å². The lowest BCUT2D eigenvalue weighted by Crippen LogP contribution is -2.53. The average Bonchev–Trinajstić information content (AvgIpc) is 2.98. The number of H-pyrrole nitrogens is 1. The second-order valence-electron chi connectivity index (χ2n) is 9.86. The molecule has 0 radical (unpaired) electrons. The van der Waals surface area contributed by atoms with Crippen LogP contribution in [0.4, 0.5) is 0 Å². The minimum atomic E-state index is -0.666. The first-order valence-electron chi connectivity index (χ1n) is 10.5. The monoisotopic (exact) mass is 400 g/mol. The summed E-state index contributed by atoms with van der Waals surface area (Å²) in [4.78, 5) is 20.9. The van der Waals surface area contributed by atoms with Gasteiger partial charge in [-0.25, -0.2) is 4.98 Å². The number of hydrogen-bond acceptors (Lipinski definition) is 4. The number of fused-ring (bicyclic) bond motifs is 1. The van der Waals surface area contributed by atoms with Crippen LogP contribution in [-0.2, 0) is 26.1 Å². The predicted molar refractivity (Wildman–Crippen MR) is 114 cm³/mol. The number of carbonyl (C=O) groups is 1. The maximum absolute atomic E-state index is 12.5. The van der Waals surface area contributed by atoms with Gasteiger partial charge in [-0.3, -0.25) is 4.79 Å². The highest BCUT2D eigenvalue weighted by atomic mass is 28.1. The Morgan fingerprint density at radius 2 is 1.96 bits per heavy atom. The molecule has 0 bridgehead atoms. The Labute approximate surface area is 170 Å². The van der Waals surface area contributed by atoms with Crippen molar-refractivity contribution in [2.45, 2.75) is 63.3 Å². The van der Waals surface area contributed by atoms with Gasteiger partial charge >= 0.3 is 5.97 Å². The van der Waals surface area contributed by atoms with Gasteiger partial charge in [-0.2, -0.15) is 0 Å². The van der Waals surface area contributed by atoms with Crippen LogP contribution >= 0.6 is 0 Å². The van der Waals surface area contributed by atoms with Crippen molar-refractivity contribution in [2.75, 3.05) is 19.8 Å². The molecule has 1 aliphatic carbocycles. The van der Waals surface area contributed by atoms with E-state index >= 15 is 0 Å². The number of ether oxygens (including phenoxy) is 2. The largest absolute Gasteiger partial charge is 0.465 e. The van der Waals surface area contributed by atoms with Crippen molar-refractivity contribution in [3.8, 4) is 0 Å². The SMILES string of the molecule is CCOC(=O)C1(c2ccc3nc(C[C@]4(C)CC[C@@](C)([SiH3])CC4)[nH]c3c2)COC1. The molecule has 1 aliphatic heterocycles. The van der Waals surface area contributed by atoms with E-state index in [0.717, 1.165) is 28.8 Å². The van der Waals surface area contributed by atoms with E-state index in [1.807, 2.05) is 19.1 Å². The third kappa shape index (κ3) is 3.52. The molecular weight excluding hydrogens is 368 g/mol. The molecule has 1 N–H and O–H groups in total. The molecule has 2 aromatic rings. The minimum absolute atomic E-state index is 0.193. The van der Waals surface area contributed by atoms with Crippen molar-refractivity contribution in [2.24, 2.45) is 5.41 Å². The molecule has 1 saturated carbocycles. The van der Waals surface area contributed by atoms with Crippen LogP contribution in [0.2, 0.25) is 5.04 Å². The number of nitrogens with zero attached hydrogens (tertiary/aromatic N) is 1. The summed E-state index contributed by atoms with van der Waals surface area (Å²) in [7, 11) is 1.28. The molecule has 4 rings (SSSR count). The number of aromatic nitrogens is 2. The van der Waals surface area contributed by atoms with Gasteiger partial charge in [0.2, 0.25) is 0 Å². The molecule has 2 fully saturated rings. The number of benzene rings is 1. The van der Waals surface area contributed by atoms with Gasteiger partial charge in [0, 0.05) is 16.7 Å². The van der Waals surface area contributed by atoms with Gasteiger partial charge in [0.25, 0.3) is 0 Å². The van der Waals surface area contributed by atoms with Gasteiger partial charge in [0.1, 0.15) is 11.2 Å². The molecule has 1 aromatic heterocycles. The number of imidazole rings is 1. The lowest BCUT2D eigenvalue weighted by molar-refractivity contribution is -0.169. The molecule has 1 aromatic carbocycles. The van der Waals surface area contributed by atoms with Crippen molar-refractivity contribution < 1.29 is 14.3 Å². The molecule has 0 unspecified atom stereocenters. The third-order valence-electron chi connectivity index (χ3n) is 6.85. The zero-order valence-electron chi connectivity index (χ0n) is 17.6. The molecule has 5 nitrogen and oxygen atoms in total. The summed E-state index contributed by atoms with van der Waals surface area (Å²) in [6, 6.07) is 6.08. The lowest BCUT2D eigenvalue weighted by Gasteiger charge is -2.41. The van der Waals surface area contributed by atoms with Crippen LogP contribution in [-0.4, -0.2) is 46.0 Å². The van der Waals surface area contributed by atoms with Crippen LogP contribution in [0.25, 0.3) is 11.0 Å². The number of aromatic amines is 1. The van der Waals surface area contributed by atoms with E-state index < -0.39 is 5.41 Å². The van der Waals surface area contributed by atoms with Crippen LogP contribution in [0.1, 0.15) is 57.8 Å². The topological polar surface area (TPSA) is 64.2 Å². The zero-order valence-corrected chi connectivity index (χ0v) is 19.6. The Morgan fingerprint density at radius 3 is 2.57 bits per heavy atom. The lowest BCUT2D eigenvalue weighted by atomic mass is 9.70. The fraction of sp³-hybridized carbons (Fsp3) is 0.636. The number of esters is 1. The Balaban J connectivity index is 1.56. The second kappa shape index (κ2) is 6.99. The Kier molecular flexibility index (Phi) is 4.90. The van der Waals surface area contributed by atoms with Crippen molar-refractivity contribution in [3.05, 3.63) is 29.6 Å². The number of hydrogen-bond donors (Lipinski definition) is 1. The molecule has 0 atom stereocenters. The van der Waals surface area contributed by atoms with Crippen molar-refractivity contribution in [3.63, 3.8) is 0 Å². The summed E-state index contributed by atoms with van der Waals surface area (Å²) in [5, 5.41) is 0.606. The van der Waals surface area contributed by atoms with Gasteiger partial charge in [-0.15, -0.1) is 0 Å². The first-order chi connectivity index (χ1) is 13.3. The highest BCUT2D eigenvalue weighted by Gasteiger charge is 2.49. The van der Waals surface area contributed by atoms with Gasteiger partial charge in [-0.05, 0) is 47.9 Å². The van der Waals surface area contributed by atoms with Gasteiger partial charge < -0.3 is 14.5 Å². The minimum Gasteiger partial charge on any atom is -0.465 e. The third-order valence-corrected chi connectivity index (χ3v) is 7.85. The zero-order chi connectivity index (χ0) is 20.0. The smallest absolute Gasteiger partial charge is 0.321 e. The Morgan fingerprint density at radius 1 is 1.25 bits per heavy atom. The van der Waals surface area contributed by atoms with Crippen molar-refractivity contribution in [1.82, 2.24) is 9.97 Å². The molecule has 1 saturated heterocycles. The van der Waals surface area contributed by atoms with Crippen LogP contribution in [0.3, 0.4) is 0 Å². The van der Waals surface area contributed by atoms with Crippen LogP contribution in [0.15, 0.2) is 18.2 Å². The number of nitrogens with one attached hydrogen (secondary N) is 1. The molecule has 2 heterocycles. The maximum Gasteiger partial charge on any atom is 0.321 e. The first-order valence-corrected chi connectivity index (χ1v) is 11.5. The van der Waals surface area contributed by atoms with E-state index in [0.29, 0.717) is 30.3 Å². The summed E-state index contributed by atoms with van der Waals surface area (Å²) >= 11 is 0. The van der Waals surface area contributed by atoms with Crippen molar-refractivity contribution >= 4 is 27.2 Å². The summed E-state index contributed by atoms with van der Waals surface area (Å²) < 4.78 is 10.7. The Hall–Kier alpha value is -1.66. The standard InChI is InChI=1S/C22H32N2O3Si/c1-4-27-19(25)22(13-26-14-22)15-5-6-16-17(11-15)24-18(23-16)12-20(2)7-9-21(3,28)10-8-20/h5-6,11H,4,7-10,12-14H2,1-3,28H3,(H,23,24)/t20-,21-. The fourth-order valence-electron chi connectivity index (χ4n) is 4.53. The summed E-state index contributed by atoms with van der Waals surface area (Å²) in [5.41, 5.74) is 2.57.